The molecule has 0 aliphatic carbocycles. The van der Waals surface area contributed by atoms with Crippen molar-refractivity contribution in [2.24, 2.45) is 0 Å². The van der Waals surface area contributed by atoms with E-state index in [2.05, 4.69) is 16.0 Å². The van der Waals surface area contributed by atoms with Gasteiger partial charge in [0, 0.05) is 35.5 Å². The van der Waals surface area contributed by atoms with Gasteiger partial charge in [-0.3, -0.25) is 4.79 Å². The summed E-state index contributed by atoms with van der Waals surface area (Å²) in [6.07, 6.45) is 0.256. The molecule has 0 radical (unpaired) electrons. The number of nitrogens with one attached hydrogen (secondary N) is 3. The molecule has 0 saturated carbocycles. The highest BCUT2D eigenvalue weighted by Gasteiger charge is 2.06. The van der Waals surface area contributed by atoms with Crippen molar-refractivity contribution < 1.29 is 14.0 Å². The lowest BCUT2D eigenvalue weighted by Gasteiger charge is -2.08. The van der Waals surface area contributed by atoms with Gasteiger partial charge < -0.3 is 16.0 Å². The van der Waals surface area contributed by atoms with Crippen LogP contribution in [0.1, 0.15) is 6.42 Å². The molecule has 0 aromatic heterocycles. The molecule has 126 valence electrons. The molecule has 0 aliphatic heterocycles. The number of benzene rings is 2. The number of rotatable bonds is 6. The van der Waals surface area contributed by atoms with E-state index in [0.717, 1.165) is 0 Å². The lowest BCUT2D eigenvalue weighted by Crippen LogP contribution is -2.24. The standard InChI is InChI=1S/C17H18FN3O2S/c1-19-17(23)21-13-6-4-5-12(11-13)20-16(22)9-10-24-15-8-3-2-7-14(15)18/h2-8,11H,9-10H2,1H3,(H,20,22)(H2,19,21,23). The molecular formula is C17H18FN3O2S. The minimum atomic E-state index is -0.334. The van der Waals surface area contributed by atoms with Crippen molar-refractivity contribution in [2.45, 2.75) is 11.3 Å². The molecule has 2 rings (SSSR count). The number of hydrogen-bond donors (Lipinski definition) is 3. The van der Waals surface area contributed by atoms with Crippen LogP contribution in [-0.2, 0) is 4.79 Å². The van der Waals surface area contributed by atoms with Gasteiger partial charge in [-0.05, 0) is 30.3 Å². The predicted molar refractivity (Wildman–Crippen MR) is 94.9 cm³/mol. The Balaban J connectivity index is 1.83. The molecule has 2 aromatic rings. The first-order chi connectivity index (χ1) is 11.6. The van der Waals surface area contributed by atoms with Gasteiger partial charge >= 0.3 is 6.03 Å². The van der Waals surface area contributed by atoms with Crippen LogP contribution < -0.4 is 16.0 Å². The molecule has 0 saturated heterocycles. The van der Waals surface area contributed by atoms with Gasteiger partial charge in [-0.1, -0.05) is 18.2 Å². The highest BCUT2D eigenvalue weighted by atomic mass is 32.2. The lowest BCUT2D eigenvalue weighted by molar-refractivity contribution is -0.115. The van der Waals surface area contributed by atoms with Crippen LogP contribution in [0.4, 0.5) is 20.6 Å². The SMILES string of the molecule is CNC(=O)Nc1cccc(NC(=O)CCSc2ccccc2F)c1. The van der Waals surface area contributed by atoms with Crippen LogP contribution in [-0.4, -0.2) is 24.7 Å². The molecule has 3 amide bonds. The Hall–Kier alpha value is -2.54. The fraction of sp³-hybridized carbons (Fsp3) is 0.176. The Labute approximate surface area is 144 Å². The second kappa shape index (κ2) is 8.93. The van der Waals surface area contributed by atoms with E-state index in [1.165, 1.54) is 24.9 Å². The van der Waals surface area contributed by atoms with Crippen LogP contribution in [0.2, 0.25) is 0 Å². The summed E-state index contributed by atoms with van der Waals surface area (Å²) in [5.41, 5.74) is 1.16. The predicted octanol–water partition coefficient (Wildman–Crippen LogP) is 3.70. The maximum Gasteiger partial charge on any atom is 0.318 e. The smallest absolute Gasteiger partial charge is 0.318 e. The number of urea groups is 1. The summed E-state index contributed by atoms with van der Waals surface area (Å²) in [7, 11) is 1.52. The van der Waals surface area contributed by atoms with Gasteiger partial charge in [0.1, 0.15) is 5.82 Å². The lowest BCUT2D eigenvalue weighted by atomic mass is 10.2. The minimum absolute atomic E-state index is 0.170. The van der Waals surface area contributed by atoms with E-state index in [9.17, 15) is 14.0 Å². The molecule has 0 heterocycles. The molecule has 0 bridgehead atoms. The third-order valence-electron chi connectivity index (χ3n) is 3.05. The van der Waals surface area contributed by atoms with Crippen molar-refractivity contribution in [3.8, 4) is 0 Å². The van der Waals surface area contributed by atoms with Gasteiger partial charge in [0.25, 0.3) is 0 Å². The van der Waals surface area contributed by atoms with Gasteiger partial charge in [0.15, 0.2) is 0 Å². The molecule has 0 atom stereocenters. The highest BCUT2D eigenvalue weighted by molar-refractivity contribution is 7.99. The van der Waals surface area contributed by atoms with Crippen molar-refractivity contribution in [1.29, 1.82) is 0 Å². The summed E-state index contributed by atoms with van der Waals surface area (Å²) in [6.45, 7) is 0. The molecule has 5 nitrogen and oxygen atoms in total. The summed E-state index contributed by atoms with van der Waals surface area (Å²) in [5.74, 6) is 0.0231. The Bertz CT molecular complexity index is 724. The molecule has 0 fully saturated rings. The first kappa shape index (κ1) is 17.8. The second-order valence-corrected chi connectivity index (χ2v) is 6.00. The molecule has 0 unspecified atom stereocenters. The van der Waals surface area contributed by atoms with Gasteiger partial charge in [-0.25, -0.2) is 9.18 Å². The summed E-state index contributed by atoms with van der Waals surface area (Å²) in [4.78, 5) is 23.8. The number of amides is 3. The zero-order valence-corrected chi connectivity index (χ0v) is 14.0. The third-order valence-corrected chi connectivity index (χ3v) is 4.10. The first-order valence-electron chi connectivity index (χ1n) is 7.34. The topological polar surface area (TPSA) is 70.2 Å². The van der Waals surface area contributed by atoms with Crippen molar-refractivity contribution in [1.82, 2.24) is 5.32 Å². The molecular weight excluding hydrogens is 329 g/mol. The number of carbonyl (C=O) groups excluding carboxylic acids is 2. The van der Waals surface area contributed by atoms with Crippen LogP contribution >= 0.6 is 11.8 Å². The summed E-state index contributed by atoms with van der Waals surface area (Å²) < 4.78 is 13.5. The average Bonchev–Trinajstić information content (AvgIpc) is 2.57. The van der Waals surface area contributed by atoms with Crippen LogP contribution in [0.5, 0.6) is 0 Å². The Morgan fingerprint density at radius 3 is 2.46 bits per heavy atom. The van der Waals surface area contributed by atoms with E-state index in [1.54, 1.807) is 42.5 Å². The Kier molecular flexibility index (Phi) is 6.62. The van der Waals surface area contributed by atoms with Crippen molar-refractivity contribution in [3.63, 3.8) is 0 Å². The van der Waals surface area contributed by atoms with Crippen LogP contribution in [0.3, 0.4) is 0 Å². The first-order valence-corrected chi connectivity index (χ1v) is 8.33. The number of thioether (sulfide) groups is 1. The molecule has 2 aromatic carbocycles. The van der Waals surface area contributed by atoms with E-state index in [1.807, 2.05) is 0 Å². The summed E-state index contributed by atoms with van der Waals surface area (Å²) in [6, 6.07) is 13.0. The fourth-order valence-corrected chi connectivity index (χ4v) is 2.80. The minimum Gasteiger partial charge on any atom is -0.341 e. The van der Waals surface area contributed by atoms with E-state index in [4.69, 9.17) is 0 Å². The maximum absolute atomic E-state index is 13.5. The van der Waals surface area contributed by atoms with Crippen LogP contribution in [0.15, 0.2) is 53.4 Å². The quantitative estimate of drug-likeness (QED) is 0.698. The van der Waals surface area contributed by atoms with Gasteiger partial charge in [0.05, 0.1) is 0 Å². The van der Waals surface area contributed by atoms with Crippen LogP contribution in [0, 0.1) is 5.82 Å². The van der Waals surface area contributed by atoms with Gasteiger partial charge in [0.2, 0.25) is 5.91 Å². The number of anilines is 2. The van der Waals surface area contributed by atoms with Crippen LogP contribution in [0.25, 0.3) is 0 Å². The number of halogens is 1. The third kappa shape index (κ3) is 5.58. The van der Waals surface area contributed by atoms with Gasteiger partial charge in [-0.2, -0.15) is 0 Å². The Morgan fingerprint density at radius 2 is 1.75 bits per heavy atom. The Morgan fingerprint density at radius 1 is 1.04 bits per heavy atom. The monoisotopic (exact) mass is 347 g/mol. The largest absolute Gasteiger partial charge is 0.341 e. The average molecular weight is 347 g/mol. The molecule has 7 heteroatoms. The van der Waals surface area contributed by atoms with E-state index >= 15 is 0 Å². The number of hydrogen-bond acceptors (Lipinski definition) is 3. The van der Waals surface area contributed by atoms with E-state index in [0.29, 0.717) is 22.0 Å². The maximum atomic E-state index is 13.5. The second-order valence-electron chi connectivity index (χ2n) is 4.86. The van der Waals surface area contributed by atoms with Gasteiger partial charge in [-0.15, -0.1) is 11.8 Å². The van der Waals surface area contributed by atoms with Crippen molar-refractivity contribution in [3.05, 3.63) is 54.3 Å². The number of carbonyl (C=O) groups is 2. The van der Waals surface area contributed by atoms with Crippen molar-refractivity contribution >= 4 is 35.1 Å². The van der Waals surface area contributed by atoms with E-state index < -0.39 is 0 Å². The summed E-state index contributed by atoms with van der Waals surface area (Å²) >= 11 is 1.30. The fourth-order valence-electron chi connectivity index (χ4n) is 1.91. The highest BCUT2D eigenvalue weighted by Crippen LogP contribution is 2.22. The zero-order valence-electron chi connectivity index (χ0n) is 13.1. The van der Waals surface area contributed by atoms with Crippen molar-refractivity contribution in [2.75, 3.05) is 23.4 Å². The molecule has 0 aliphatic rings. The molecule has 24 heavy (non-hydrogen) atoms. The zero-order chi connectivity index (χ0) is 17.4. The molecule has 0 spiro atoms. The summed E-state index contributed by atoms with van der Waals surface area (Å²) in [5, 5.41) is 7.84. The normalized spacial score (nSPS) is 10.1. The molecule has 3 N–H and O–H groups in total. The van der Waals surface area contributed by atoms with E-state index in [-0.39, 0.29) is 24.2 Å².